The number of benzene rings is 1. The summed E-state index contributed by atoms with van der Waals surface area (Å²) in [7, 11) is 0. The van der Waals surface area contributed by atoms with E-state index >= 15 is 0 Å². The number of nitrogens with zero attached hydrogens (tertiary/aromatic N) is 1. The van der Waals surface area contributed by atoms with Crippen LogP contribution >= 0.6 is 0 Å². The summed E-state index contributed by atoms with van der Waals surface area (Å²) in [5, 5.41) is 12.8. The summed E-state index contributed by atoms with van der Waals surface area (Å²) in [5.74, 6) is 0.468. The van der Waals surface area contributed by atoms with E-state index in [1.165, 1.54) is 17.4 Å². The fourth-order valence-electron chi connectivity index (χ4n) is 2.09. The van der Waals surface area contributed by atoms with Crippen LogP contribution in [0.15, 0.2) is 41.6 Å². The predicted octanol–water partition coefficient (Wildman–Crippen LogP) is 3.28. The van der Waals surface area contributed by atoms with Gasteiger partial charge in [-0.05, 0) is 16.5 Å². The first-order valence-corrected chi connectivity index (χ1v) is 5.02. The minimum absolute atomic E-state index is 0.230. The van der Waals surface area contributed by atoms with Crippen molar-refractivity contribution in [1.82, 2.24) is 0 Å². The molecule has 1 aromatic carbocycles. The fourth-order valence-corrected chi connectivity index (χ4v) is 2.09. The average Bonchev–Trinajstić information content (AvgIpc) is 2.69. The molecule has 1 aliphatic rings. The second-order valence-electron chi connectivity index (χ2n) is 4.58. The van der Waals surface area contributed by atoms with Crippen LogP contribution in [0.25, 0.3) is 0 Å². The van der Waals surface area contributed by atoms with Gasteiger partial charge in [-0.15, -0.1) is 0 Å². The second-order valence-corrected chi connectivity index (χ2v) is 4.58. The van der Waals surface area contributed by atoms with Crippen LogP contribution in [-0.4, -0.2) is 6.21 Å². The summed E-state index contributed by atoms with van der Waals surface area (Å²) < 4.78 is 0. The van der Waals surface area contributed by atoms with Gasteiger partial charge in [0.05, 0.1) is 0 Å². The van der Waals surface area contributed by atoms with Crippen LogP contribution < -0.4 is 0 Å². The van der Waals surface area contributed by atoms with Gasteiger partial charge in [-0.2, -0.15) is 0 Å². The number of rotatable bonds is 2. The van der Waals surface area contributed by atoms with Gasteiger partial charge in [0.2, 0.25) is 0 Å². The van der Waals surface area contributed by atoms with Gasteiger partial charge in [0.15, 0.2) is 0 Å². The molecule has 0 aromatic heterocycles. The molecule has 15 heavy (non-hydrogen) atoms. The second kappa shape index (κ2) is 3.23. The van der Waals surface area contributed by atoms with Crippen LogP contribution in [0, 0.1) is 10.6 Å². The summed E-state index contributed by atoms with van der Waals surface area (Å²) >= 11 is 0. The third kappa shape index (κ3) is 1.56. The Morgan fingerprint density at radius 1 is 1.33 bits per heavy atom. The highest BCUT2D eigenvalue weighted by molar-refractivity contribution is 5.79. The van der Waals surface area contributed by atoms with Gasteiger partial charge in [-0.3, -0.25) is 0 Å². The van der Waals surface area contributed by atoms with Crippen molar-refractivity contribution in [3.8, 4) is 0 Å². The van der Waals surface area contributed by atoms with Crippen molar-refractivity contribution in [2.24, 2.45) is 10.6 Å². The molecule has 1 atom stereocenters. The zero-order valence-corrected chi connectivity index (χ0v) is 9.03. The van der Waals surface area contributed by atoms with E-state index < -0.39 is 0 Å². The minimum Gasteiger partial charge on any atom is -0.792 e. The summed E-state index contributed by atoms with van der Waals surface area (Å²) in [6.07, 6.45) is 1.32. The van der Waals surface area contributed by atoms with Crippen LogP contribution in [0.2, 0.25) is 0 Å². The molecule has 0 saturated heterocycles. The lowest BCUT2D eigenvalue weighted by Crippen LogP contribution is -1.90. The van der Waals surface area contributed by atoms with Crippen molar-refractivity contribution < 1.29 is 0 Å². The van der Waals surface area contributed by atoms with E-state index in [0.717, 1.165) is 5.56 Å². The molecule has 0 spiro atoms. The summed E-state index contributed by atoms with van der Waals surface area (Å²) in [6, 6.07) is 7.92. The highest BCUT2D eigenvalue weighted by atomic mass is 16.4. The molecular weight excluding hydrogens is 186 g/mol. The zero-order valence-electron chi connectivity index (χ0n) is 9.03. The van der Waals surface area contributed by atoms with Crippen LogP contribution in [-0.2, 0) is 0 Å². The van der Waals surface area contributed by atoms with Crippen LogP contribution in [0.3, 0.4) is 0 Å². The van der Waals surface area contributed by atoms with E-state index in [2.05, 4.69) is 25.6 Å². The lowest BCUT2D eigenvalue weighted by molar-refractivity contribution is 0.642. The van der Waals surface area contributed by atoms with Gasteiger partial charge < -0.3 is 10.4 Å². The van der Waals surface area contributed by atoms with E-state index in [9.17, 15) is 5.21 Å². The molecule has 1 aliphatic carbocycles. The Bertz CT molecular complexity index is 415. The maximum Gasteiger partial charge on any atom is 0.0229 e. The van der Waals surface area contributed by atoms with Crippen molar-refractivity contribution in [2.75, 3.05) is 0 Å². The van der Waals surface area contributed by atoms with Crippen molar-refractivity contribution in [1.29, 1.82) is 0 Å². The first kappa shape index (κ1) is 9.97. The van der Waals surface area contributed by atoms with Crippen LogP contribution in [0.1, 0.15) is 30.9 Å². The molecule has 1 unspecified atom stereocenters. The summed E-state index contributed by atoms with van der Waals surface area (Å²) in [4.78, 5) is 0. The van der Waals surface area contributed by atoms with E-state index in [1.807, 2.05) is 24.3 Å². The maximum absolute atomic E-state index is 10.0. The normalized spacial score (nSPS) is 23.3. The molecule has 0 N–H and O–H groups in total. The monoisotopic (exact) mass is 200 g/mol. The van der Waals surface area contributed by atoms with Crippen molar-refractivity contribution >= 4 is 6.21 Å². The Morgan fingerprint density at radius 2 is 1.87 bits per heavy atom. The highest BCUT2D eigenvalue weighted by Crippen LogP contribution is 2.62. The topological polar surface area (TPSA) is 35.4 Å². The van der Waals surface area contributed by atoms with E-state index in [1.54, 1.807) is 0 Å². The predicted molar refractivity (Wildman–Crippen MR) is 63.1 cm³/mol. The zero-order chi connectivity index (χ0) is 11.1. The van der Waals surface area contributed by atoms with Gasteiger partial charge >= 0.3 is 0 Å². The molecular formula is C13H14NO-. The Kier molecular flexibility index (Phi) is 2.14. The first-order valence-electron chi connectivity index (χ1n) is 5.02. The molecule has 2 nitrogen and oxygen atoms in total. The molecule has 0 aliphatic heterocycles. The van der Waals surface area contributed by atoms with Gasteiger partial charge in [-0.25, -0.2) is 0 Å². The van der Waals surface area contributed by atoms with Gasteiger partial charge in [-0.1, -0.05) is 50.3 Å². The standard InChI is InChI=1S/C13H15NO/c1-9-12(13(9,2)3)11-6-4-10(5-7-11)8-14-15/h4-8,12,15H,1H2,2-3H3/p-1/b14-8-. The number of allylic oxidation sites excluding steroid dienone is 1. The van der Waals surface area contributed by atoms with Crippen molar-refractivity contribution in [2.45, 2.75) is 19.8 Å². The molecule has 0 heterocycles. The fraction of sp³-hybridized carbons (Fsp3) is 0.308. The lowest BCUT2D eigenvalue weighted by atomic mass is 10.0. The quantitative estimate of drug-likeness (QED) is 0.410. The Balaban J connectivity index is 2.23. The van der Waals surface area contributed by atoms with Crippen LogP contribution in [0.5, 0.6) is 0 Å². The molecule has 2 rings (SSSR count). The first-order chi connectivity index (χ1) is 7.07. The summed E-state index contributed by atoms with van der Waals surface area (Å²) in [5.41, 5.74) is 3.63. The van der Waals surface area contributed by atoms with Crippen molar-refractivity contribution in [3.63, 3.8) is 0 Å². The molecule has 1 saturated carbocycles. The lowest BCUT2D eigenvalue weighted by Gasteiger charge is -2.03. The minimum atomic E-state index is 0.230. The van der Waals surface area contributed by atoms with Gasteiger partial charge in [0, 0.05) is 12.1 Å². The van der Waals surface area contributed by atoms with E-state index in [0.29, 0.717) is 5.92 Å². The molecule has 1 fully saturated rings. The van der Waals surface area contributed by atoms with E-state index in [4.69, 9.17) is 0 Å². The van der Waals surface area contributed by atoms with Gasteiger partial charge in [0.25, 0.3) is 0 Å². The molecule has 78 valence electrons. The highest BCUT2D eigenvalue weighted by Gasteiger charge is 2.51. The third-order valence-corrected chi connectivity index (χ3v) is 3.29. The smallest absolute Gasteiger partial charge is 0.0229 e. The van der Waals surface area contributed by atoms with E-state index in [-0.39, 0.29) is 5.41 Å². The molecule has 0 amide bonds. The third-order valence-electron chi connectivity index (χ3n) is 3.29. The molecule has 2 heteroatoms. The molecule has 0 bridgehead atoms. The Hall–Kier alpha value is -1.57. The number of hydrogen-bond acceptors (Lipinski definition) is 2. The van der Waals surface area contributed by atoms with Crippen molar-refractivity contribution in [3.05, 3.63) is 52.8 Å². The maximum atomic E-state index is 10.0. The molecule has 0 radical (unpaired) electrons. The van der Waals surface area contributed by atoms with Crippen LogP contribution in [0.4, 0.5) is 0 Å². The largest absolute Gasteiger partial charge is 0.792 e. The average molecular weight is 200 g/mol. The SMILES string of the molecule is C=C1C(c2ccc(/C=N\[O-])cc2)C1(C)C. The Morgan fingerprint density at radius 3 is 2.27 bits per heavy atom. The summed E-state index contributed by atoms with van der Waals surface area (Å²) in [6.45, 7) is 8.46. The van der Waals surface area contributed by atoms with Gasteiger partial charge in [0.1, 0.15) is 0 Å². The molecule has 1 aromatic rings. The Labute approximate surface area is 89.9 Å². The number of hydrogen-bond donors (Lipinski definition) is 0.